The third kappa shape index (κ3) is 2.85. The summed E-state index contributed by atoms with van der Waals surface area (Å²) < 4.78 is 16.0. The van der Waals surface area contributed by atoms with Crippen LogP contribution in [0, 0.1) is 0 Å². The van der Waals surface area contributed by atoms with Gasteiger partial charge in [-0.15, -0.1) is 0 Å². The maximum Gasteiger partial charge on any atom is 0.268 e. The fourth-order valence-corrected chi connectivity index (χ4v) is 2.73. The van der Waals surface area contributed by atoms with E-state index in [1.54, 1.807) is 37.3 Å². The summed E-state index contributed by atoms with van der Waals surface area (Å²) in [6, 6.07) is 10.9. The second-order valence-electron chi connectivity index (χ2n) is 5.75. The first-order chi connectivity index (χ1) is 12.7. The summed E-state index contributed by atoms with van der Waals surface area (Å²) in [5.41, 5.74) is 1.38. The molecule has 132 valence electrons. The minimum Gasteiger partial charge on any atom is -0.481 e. The van der Waals surface area contributed by atoms with E-state index in [0.717, 1.165) is 0 Å². The number of para-hydroxylation sites is 2. The van der Waals surface area contributed by atoms with Gasteiger partial charge >= 0.3 is 0 Å². The van der Waals surface area contributed by atoms with Gasteiger partial charge in [-0.1, -0.05) is 17.3 Å². The van der Waals surface area contributed by atoms with E-state index >= 15 is 0 Å². The van der Waals surface area contributed by atoms with Gasteiger partial charge in [-0.2, -0.15) is 4.98 Å². The van der Waals surface area contributed by atoms with E-state index in [9.17, 15) is 4.79 Å². The quantitative estimate of drug-likeness (QED) is 0.712. The summed E-state index contributed by atoms with van der Waals surface area (Å²) >= 11 is 0. The van der Waals surface area contributed by atoms with Crippen molar-refractivity contribution >= 4 is 11.6 Å². The number of hydrogen-bond donors (Lipinski definition) is 0. The van der Waals surface area contributed by atoms with Crippen molar-refractivity contribution in [3.05, 3.63) is 48.5 Å². The highest BCUT2D eigenvalue weighted by Gasteiger charge is 2.32. The Bertz CT molecular complexity index is 938. The van der Waals surface area contributed by atoms with Crippen LogP contribution in [0.4, 0.5) is 5.69 Å². The standard InChI is InChI=1S/C18H16N4O4/c1-11-18(23)22(13-5-3-4-6-14(13)25-11)10-16-20-17(21-26-16)12-7-8-15(24-2)19-9-12/h3-9,11H,10H2,1-2H3. The Kier molecular flexibility index (Phi) is 4.00. The average Bonchev–Trinajstić information content (AvgIpc) is 3.14. The summed E-state index contributed by atoms with van der Waals surface area (Å²) in [6.07, 6.45) is 1.03. The third-order valence-electron chi connectivity index (χ3n) is 4.04. The Hall–Kier alpha value is -3.42. The van der Waals surface area contributed by atoms with E-state index in [-0.39, 0.29) is 12.5 Å². The summed E-state index contributed by atoms with van der Waals surface area (Å²) in [6.45, 7) is 1.88. The molecule has 0 spiro atoms. The van der Waals surface area contributed by atoms with Gasteiger partial charge in [0.25, 0.3) is 5.91 Å². The molecular weight excluding hydrogens is 336 g/mol. The van der Waals surface area contributed by atoms with Crippen LogP contribution >= 0.6 is 0 Å². The molecule has 1 aromatic carbocycles. The molecular formula is C18H16N4O4. The maximum atomic E-state index is 12.5. The van der Waals surface area contributed by atoms with Crippen LogP contribution in [0.1, 0.15) is 12.8 Å². The van der Waals surface area contributed by atoms with E-state index in [0.29, 0.717) is 34.6 Å². The zero-order valence-corrected chi connectivity index (χ0v) is 14.2. The van der Waals surface area contributed by atoms with Crippen molar-refractivity contribution in [3.63, 3.8) is 0 Å². The van der Waals surface area contributed by atoms with E-state index in [1.165, 1.54) is 0 Å². The number of carbonyl (C=O) groups excluding carboxylic acids is 1. The molecule has 26 heavy (non-hydrogen) atoms. The van der Waals surface area contributed by atoms with E-state index in [1.807, 2.05) is 24.3 Å². The number of benzene rings is 1. The Balaban J connectivity index is 1.59. The van der Waals surface area contributed by atoms with Gasteiger partial charge < -0.3 is 14.0 Å². The number of ether oxygens (including phenoxy) is 2. The van der Waals surface area contributed by atoms with Crippen molar-refractivity contribution in [1.82, 2.24) is 15.1 Å². The van der Waals surface area contributed by atoms with Gasteiger partial charge in [0.2, 0.25) is 17.6 Å². The zero-order chi connectivity index (χ0) is 18.1. The molecule has 3 aromatic rings. The number of rotatable bonds is 4. The highest BCUT2D eigenvalue weighted by Crippen LogP contribution is 2.34. The monoisotopic (exact) mass is 352 g/mol. The first-order valence-electron chi connectivity index (χ1n) is 8.06. The molecule has 1 atom stereocenters. The highest BCUT2D eigenvalue weighted by atomic mass is 16.5. The molecule has 1 aliphatic rings. The predicted molar refractivity (Wildman–Crippen MR) is 91.8 cm³/mol. The van der Waals surface area contributed by atoms with Gasteiger partial charge in [0.1, 0.15) is 12.3 Å². The number of aromatic nitrogens is 3. The number of fused-ring (bicyclic) bond motifs is 1. The Morgan fingerprint density at radius 3 is 2.85 bits per heavy atom. The molecule has 8 heteroatoms. The Morgan fingerprint density at radius 2 is 2.08 bits per heavy atom. The van der Waals surface area contributed by atoms with Crippen LogP contribution in [0.15, 0.2) is 47.1 Å². The maximum absolute atomic E-state index is 12.5. The molecule has 0 bridgehead atoms. The topological polar surface area (TPSA) is 90.6 Å². The number of pyridine rings is 1. The minimum absolute atomic E-state index is 0.158. The van der Waals surface area contributed by atoms with E-state index in [4.69, 9.17) is 14.0 Å². The van der Waals surface area contributed by atoms with Crippen LogP contribution in [0.25, 0.3) is 11.4 Å². The highest BCUT2D eigenvalue weighted by molar-refractivity contribution is 5.99. The normalized spacial score (nSPS) is 16.2. The van der Waals surface area contributed by atoms with Crippen molar-refractivity contribution in [2.75, 3.05) is 12.0 Å². The lowest BCUT2D eigenvalue weighted by atomic mass is 10.2. The van der Waals surface area contributed by atoms with Crippen LogP contribution in [-0.2, 0) is 11.3 Å². The molecule has 4 rings (SSSR count). The van der Waals surface area contributed by atoms with Crippen molar-refractivity contribution < 1.29 is 18.8 Å². The van der Waals surface area contributed by atoms with Crippen LogP contribution in [0.2, 0.25) is 0 Å². The predicted octanol–water partition coefficient (Wildman–Crippen LogP) is 2.45. The lowest BCUT2D eigenvalue weighted by molar-refractivity contribution is -0.125. The van der Waals surface area contributed by atoms with E-state index in [2.05, 4.69) is 15.1 Å². The van der Waals surface area contributed by atoms with Gasteiger partial charge in [-0.05, 0) is 25.1 Å². The SMILES string of the molecule is COc1ccc(-c2noc(CN3C(=O)C(C)Oc4ccccc43)n2)cn1. The Morgan fingerprint density at radius 1 is 1.23 bits per heavy atom. The number of carbonyl (C=O) groups is 1. The lowest BCUT2D eigenvalue weighted by Crippen LogP contribution is -2.44. The van der Waals surface area contributed by atoms with Crippen molar-refractivity contribution in [3.8, 4) is 23.0 Å². The van der Waals surface area contributed by atoms with Gasteiger partial charge in [-0.25, -0.2) is 4.98 Å². The lowest BCUT2D eigenvalue weighted by Gasteiger charge is -2.31. The molecule has 1 unspecified atom stereocenters. The molecule has 0 saturated carbocycles. The zero-order valence-electron chi connectivity index (χ0n) is 14.2. The molecule has 0 N–H and O–H groups in total. The summed E-state index contributed by atoms with van der Waals surface area (Å²) in [4.78, 5) is 22.6. The first-order valence-corrected chi connectivity index (χ1v) is 8.06. The molecule has 1 aliphatic heterocycles. The van der Waals surface area contributed by atoms with Gasteiger partial charge in [0.15, 0.2) is 6.10 Å². The molecule has 1 amide bonds. The van der Waals surface area contributed by atoms with E-state index < -0.39 is 6.10 Å². The van der Waals surface area contributed by atoms with Gasteiger partial charge in [0.05, 0.1) is 12.8 Å². The minimum atomic E-state index is -0.571. The molecule has 0 fully saturated rings. The third-order valence-corrected chi connectivity index (χ3v) is 4.04. The van der Waals surface area contributed by atoms with Crippen LogP contribution < -0.4 is 14.4 Å². The first kappa shape index (κ1) is 16.1. The molecule has 0 saturated heterocycles. The fraction of sp³-hybridized carbons (Fsp3) is 0.222. The molecule has 0 aliphatic carbocycles. The van der Waals surface area contributed by atoms with Crippen LogP contribution in [0.5, 0.6) is 11.6 Å². The van der Waals surface area contributed by atoms with Gasteiger partial charge in [0, 0.05) is 17.8 Å². The number of amides is 1. The number of methoxy groups -OCH3 is 1. The molecule has 0 radical (unpaired) electrons. The number of nitrogens with zero attached hydrogens (tertiary/aromatic N) is 4. The Labute approximate surface area is 149 Å². The average molecular weight is 352 g/mol. The second kappa shape index (κ2) is 6.47. The van der Waals surface area contributed by atoms with Crippen molar-refractivity contribution in [1.29, 1.82) is 0 Å². The largest absolute Gasteiger partial charge is 0.481 e. The van der Waals surface area contributed by atoms with Crippen LogP contribution in [-0.4, -0.2) is 34.2 Å². The number of hydrogen-bond acceptors (Lipinski definition) is 7. The smallest absolute Gasteiger partial charge is 0.268 e. The second-order valence-corrected chi connectivity index (χ2v) is 5.75. The molecule has 8 nitrogen and oxygen atoms in total. The summed E-state index contributed by atoms with van der Waals surface area (Å²) in [5, 5.41) is 3.97. The summed E-state index contributed by atoms with van der Waals surface area (Å²) in [5.74, 6) is 1.72. The van der Waals surface area contributed by atoms with Gasteiger partial charge in [-0.3, -0.25) is 9.69 Å². The fourth-order valence-electron chi connectivity index (χ4n) is 2.73. The summed E-state index contributed by atoms with van der Waals surface area (Å²) in [7, 11) is 1.55. The van der Waals surface area contributed by atoms with Crippen molar-refractivity contribution in [2.24, 2.45) is 0 Å². The molecule has 3 heterocycles. The number of anilines is 1. The van der Waals surface area contributed by atoms with Crippen LogP contribution in [0.3, 0.4) is 0 Å². The van der Waals surface area contributed by atoms with Crippen molar-refractivity contribution in [2.45, 2.75) is 19.6 Å². The molecule has 2 aromatic heterocycles.